The summed E-state index contributed by atoms with van der Waals surface area (Å²) in [6.07, 6.45) is 10.5. The van der Waals surface area contributed by atoms with Crippen molar-refractivity contribution < 1.29 is 4.74 Å². The smallest absolute Gasteiger partial charge is 0.0890 e. The fraction of sp³-hybridized carbons (Fsp3) is 0.579. The van der Waals surface area contributed by atoms with Crippen LogP contribution in [-0.4, -0.2) is 40.2 Å². The molecular weight excluding hydrogens is 286 g/mol. The maximum atomic E-state index is 6.25. The number of fused-ring (bicyclic) bond motifs is 1. The normalized spacial score (nSPS) is 21.2. The van der Waals surface area contributed by atoms with E-state index in [0.717, 1.165) is 49.2 Å². The molecule has 0 atom stereocenters. The van der Waals surface area contributed by atoms with Crippen LogP contribution in [0.3, 0.4) is 0 Å². The lowest BCUT2D eigenvalue weighted by Crippen LogP contribution is -2.38. The Morgan fingerprint density at radius 3 is 2.43 bits per heavy atom. The van der Waals surface area contributed by atoms with Crippen LogP contribution in [0.1, 0.15) is 44.2 Å². The first-order chi connectivity index (χ1) is 11.4. The molecule has 0 bridgehead atoms. The molecule has 0 unspecified atom stereocenters. The van der Waals surface area contributed by atoms with Gasteiger partial charge >= 0.3 is 0 Å². The van der Waals surface area contributed by atoms with Crippen LogP contribution in [-0.2, 0) is 11.3 Å². The molecule has 4 nitrogen and oxygen atoms in total. The van der Waals surface area contributed by atoms with Crippen molar-refractivity contribution in [3.05, 3.63) is 36.2 Å². The van der Waals surface area contributed by atoms with Crippen LogP contribution in [0, 0.1) is 0 Å². The molecule has 122 valence electrons. The quantitative estimate of drug-likeness (QED) is 0.865. The van der Waals surface area contributed by atoms with Crippen LogP contribution in [0.25, 0.3) is 11.0 Å². The van der Waals surface area contributed by atoms with Gasteiger partial charge in [0, 0.05) is 19.6 Å². The highest BCUT2D eigenvalue weighted by Crippen LogP contribution is 2.25. The highest BCUT2D eigenvalue weighted by Gasteiger charge is 2.24. The van der Waals surface area contributed by atoms with E-state index < -0.39 is 0 Å². The fourth-order valence-electron chi connectivity index (χ4n) is 3.80. The van der Waals surface area contributed by atoms with Gasteiger partial charge in [0.25, 0.3) is 0 Å². The second kappa shape index (κ2) is 6.93. The zero-order chi connectivity index (χ0) is 15.5. The zero-order valence-corrected chi connectivity index (χ0v) is 13.7. The van der Waals surface area contributed by atoms with Crippen LogP contribution < -0.4 is 0 Å². The Bertz CT molecular complexity index is 646. The van der Waals surface area contributed by atoms with Gasteiger partial charge in [-0.1, -0.05) is 25.0 Å². The molecule has 1 aliphatic carbocycles. The highest BCUT2D eigenvalue weighted by atomic mass is 16.5. The first-order valence-electron chi connectivity index (χ1n) is 8.95. The molecule has 4 heteroatoms. The van der Waals surface area contributed by atoms with Gasteiger partial charge in [0.1, 0.15) is 0 Å². The summed E-state index contributed by atoms with van der Waals surface area (Å²) in [4.78, 5) is 11.7. The van der Waals surface area contributed by atoms with Gasteiger partial charge in [0.05, 0.1) is 35.1 Å². The number of benzene rings is 1. The molecule has 1 saturated heterocycles. The van der Waals surface area contributed by atoms with Gasteiger partial charge in [0.2, 0.25) is 0 Å². The van der Waals surface area contributed by atoms with Gasteiger partial charge < -0.3 is 4.74 Å². The van der Waals surface area contributed by atoms with Crippen LogP contribution in [0.5, 0.6) is 0 Å². The summed E-state index contributed by atoms with van der Waals surface area (Å²) < 4.78 is 6.25. The van der Waals surface area contributed by atoms with Crippen LogP contribution >= 0.6 is 0 Å². The van der Waals surface area contributed by atoms with E-state index in [0.29, 0.717) is 12.2 Å². The number of rotatable bonds is 4. The molecule has 0 radical (unpaired) electrons. The molecule has 1 saturated carbocycles. The fourth-order valence-corrected chi connectivity index (χ4v) is 3.80. The SMILES string of the molecule is c1ccc2nc(CN3CCC(OC4CCCC4)CC3)cnc2c1. The summed E-state index contributed by atoms with van der Waals surface area (Å²) in [6, 6.07) is 8.07. The molecule has 0 amide bonds. The largest absolute Gasteiger partial charge is 0.375 e. The van der Waals surface area contributed by atoms with Crippen molar-refractivity contribution in [3.63, 3.8) is 0 Å². The minimum Gasteiger partial charge on any atom is -0.375 e. The topological polar surface area (TPSA) is 38.2 Å². The number of ether oxygens (including phenoxy) is 1. The number of likely N-dealkylation sites (tertiary alicyclic amines) is 1. The number of nitrogens with zero attached hydrogens (tertiary/aromatic N) is 3. The lowest BCUT2D eigenvalue weighted by molar-refractivity contribution is -0.0401. The van der Waals surface area contributed by atoms with Gasteiger partial charge in [-0.25, -0.2) is 4.98 Å². The van der Waals surface area contributed by atoms with Gasteiger partial charge in [0.15, 0.2) is 0 Å². The summed E-state index contributed by atoms with van der Waals surface area (Å²) in [6.45, 7) is 3.10. The van der Waals surface area contributed by atoms with Gasteiger partial charge in [-0.05, 0) is 37.8 Å². The molecule has 0 spiro atoms. The molecule has 2 aliphatic rings. The van der Waals surface area contributed by atoms with E-state index in [1.807, 2.05) is 30.5 Å². The van der Waals surface area contributed by atoms with Crippen LogP contribution in [0.15, 0.2) is 30.5 Å². The van der Waals surface area contributed by atoms with Crippen LogP contribution in [0.2, 0.25) is 0 Å². The zero-order valence-electron chi connectivity index (χ0n) is 13.7. The van der Waals surface area contributed by atoms with E-state index in [2.05, 4.69) is 9.88 Å². The Kier molecular flexibility index (Phi) is 4.53. The molecule has 1 aliphatic heterocycles. The van der Waals surface area contributed by atoms with E-state index in [4.69, 9.17) is 9.72 Å². The maximum Gasteiger partial charge on any atom is 0.0890 e. The number of para-hydroxylation sites is 2. The molecule has 4 rings (SSSR count). The van der Waals surface area contributed by atoms with Crippen molar-refractivity contribution in [1.29, 1.82) is 0 Å². The van der Waals surface area contributed by atoms with Gasteiger partial charge in [-0.3, -0.25) is 9.88 Å². The number of hydrogen-bond acceptors (Lipinski definition) is 4. The second-order valence-corrected chi connectivity index (χ2v) is 6.87. The van der Waals surface area contributed by atoms with E-state index >= 15 is 0 Å². The van der Waals surface area contributed by atoms with Gasteiger partial charge in [-0.2, -0.15) is 0 Å². The Labute approximate surface area is 137 Å². The minimum absolute atomic E-state index is 0.469. The van der Waals surface area contributed by atoms with Crippen molar-refractivity contribution in [2.45, 2.75) is 57.3 Å². The molecule has 2 heterocycles. The third-order valence-electron chi connectivity index (χ3n) is 5.11. The third kappa shape index (κ3) is 3.70. The summed E-state index contributed by atoms with van der Waals surface area (Å²) in [5.74, 6) is 0. The highest BCUT2D eigenvalue weighted by molar-refractivity contribution is 5.73. The average molecular weight is 311 g/mol. The lowest BCUT2D eigenvalue weighted by Gasteiger charge is -2.33. The van der Waals surface area contributed by atoms with Crippen molar-refractivity contribution in [2.75, 3.05) is 13.1 Å². The minimum atomic E-state index is 0.469. The molecular formula is C19H25N3O. The van der Waals surface area contributed by atoms with Crippen molar-refractivity contribution in [2.24, 2.45) is 0 Å². The molecule has 1 aromatic heterocycles. The Morgan fingerprint density at radius 1 is 0.957 bits per heavy atom. The average Bonchev–Trinajstić information content (AvgIpc) is 3.10. The second-order valence-electron chi connectivity index (χ2n) is 6.87. The van der Waals surface area contributed by atoms with E-state index in [1.165, 1.54) is 25.7 Å². The van der Waals surface area contributed by atoms with Crippen molar-refractivity contribution in [3.8, 4) is 0 Å². The van der Waals surface area contributed by atoms with Crippen molar-refractivity contribution in [1.82, 2.24) is 14.9 Å². The number of piperidine rings is 1. The third-order valence-corrected chi connectivity index (χ3v) is 5.11. The summed E-state index contributed by atoms with van der Waals surface area (Å²) in [7, 11) is 0. The Hall–Kier alpha value is -1.52. The standard InChI is InChI=1S/C19H25N3O/c1-2-6-16(5-1)23-17-9-11-22(12-10-17)14-15-13-20-18-7-3-4-8-19(18)21-15/h3-4,7-8,13,16-17H,1-2,5-6,9-12,14H2. The van der Waals surface area contributed by atoms with E-state index in [1.54, 1.807) is 0 Å². The monoisotopic (exact) mass is 311 g/mol. The van der Waals surface area contributed by atoms with E-state index in [9.17, 15) is 0 Å². The van der Waals surface area contributed by atoms with Gasteiger partial charge in [-0.15, -0.1) is 0 Å². The van der Waals surface area contributed by atoms with E-state index in [-0.39, 0.29) is 0 Å². The number of hydrogen-bond donors (Lipinski definition) is 0. The summed E-state index contributed by atoms with van der Waals surface area (Å²) in [5, 5.41) is 0. The van der Waals surface area contributed by atoms with Crippen molar-refractivity contribution >= 4 is 11.0 Å². The molecule has 2 aromatic rings. The molecule has 2 fully saturated rings. The summed E-state index contributed by atoms with van der Waals surface area (Å²) >= 11 is 0. The lowest BCUT2D eigenvalue weighted by atomic mass is 10.1. The summed E-state index contributed by atoms with van der Waals surface area (Å²) in [5.41, 5.74) is 3.03. The Morgan fingerprint density at radius 2 is 1.65 bits per heavy atom. The first-order valence-corrected chi connectivity index (χ1v) is 8.95. The predicted molar refractivity (Wildman–Crippen MR) is 91.2 cm³/mol. The first kappa shape index (κ1) is 15.0. The molecule has 23 heavy (non-hydrogen) atoms. The maximum absolute atomic E-state index is 6.25. The molecule has 0 N–H and O–H groups in total. The number of aromatic nitrogens is 2. The predicted octanol–water partition coefficient (Wildman–Crippen LogP) is 3.55. The molecule has 1 aromatic carbocycles. The van der Waals surface area contributed by atoms with Crippen LogP contribution in [0.4, 0.5) is 0 Å². The Balaban J connectivity index is 1.31.